The van der Waals surface area contributed by atoms with Crippen LogP contribution in [-0.2, 0) is 11.0 Å². The molecule has 2 nitrogen and oxygen atoms in total. The molecule has 0 bridgehead atoms. The van der Waals surface area contributed by atoms with E-state index in [1.165, 1.54) is 6.08 Å². The molecule has 0 atom stereocenters. The van der Waals surface area contributed by atoms with Crippen molar-refractivity contribution in [3.8, 4) is 0 Å². The van der Waals surface area contributed by atoms with Crippen LogP contribution in [0.3, 0.4) is 0 Å². The molecule has 0 saturated heterocycles. The van der Waals surface area contributed by atoms with E-state index < -0.39 is 17.6 Å². The van der Waals surface area contributed by atoms with E-state index in [1.54, 1.807) is 6.07 Å². The molecule has 0 aliphatic rings. The van der Waals surface area contributed by atoms with Gasteiger partial charge >= 0.3 is 6.18 Å². The highest BCUT2D eigenvalue weighted by atomic mass is 35.5. The van der Waals surface area contributed by atoms with Gasteiger partial charge in [0.15, 0.2) is 0 Å². The van der Waals surface area contributed by atoms with E-state index in [1.807, 2.05) is 26.0 Å². The molecule has 2 aromatic carbocycles. The Balaban J connectivity index is 2.15. The summed E-state index contributed by atoms with van der Waals surface area (Å²) in [7, 11) is 0. The van der Waals surface area contributed by atoms with Crippen LogP contribution in [0, 0.1) is 13.8 Å². The van der Waals surface area contributed by atoms with Crippen molar-refractivity contribution in [3.05, 3.63) is 69.8 Å². The molecule has 0 spiro atoms. The number of aryl methyl sites for hydroxylation is 2. The molecule has 1 amide bonds. The second kappa shape index (κ2) is 7.09. The molecule has 0 heterocycles. The average molecular weight is 354 g/mol. The number of hydrogen-bond acceptors (Lipinski definition) is 1. The van der Waals surface area contributed by atoms with Crippen LogP contribution in [0.2, 0.25) is 5.02 Å². The summed E-state index contributed by atoms with van der Waals surface area (Å²) in [6.45, 7) is 3.87. The number of rotatable bonds is 3. The van der Waals surface area contributed by atoms with Crippen LogP contribution >= 0.6 is 11.6 Å². The van der Waals surface area contributed by atoms with Crippen molar-refractivity contribution in [3.63, 3.8) is 0 Å². The van der Waals surface area contributed by atoms with E-state index in [2.05, 4.69) is 5.32 Å². The number of alkyl halides is 3. The summed E-state index contributed by atoms with van der Waals surface area (Å²) in [5.41, 5.74) is 2.04. The Labute approximate surface area is 142 Å². The van der Waals surface area contributed by atoms with Gasteiger partial charge in [0.25, 0.3) is 0 Å². The number of carbonyl (C=O) groups excluding carboxylic acids is 1. The topological polar surface area (TPSA) is 29.1 Å². The lowest BCUT2D eigenvalue weighted by molar-refractivity contribution is -0.137. The van der Waals surface area contributed by atoms with Crippen LogP contribution < -0.4 is 5.32 Å². The second-order valence-electron chi connectivity index (χ2n) is 5.36. The minimum atomic E-state index is -4.46. The Hall–Kier alpha value is -2.27. The van der Waals surface area contributed by atoms with Gasteiger partial charge in [-0.05, 0) is 66.9 Å². The van der Waals surface area contributed by atoms with Crippen molar-refractivity contribution >= 4 is 29.3 Å². The number of hydrogen-bond donors (Lipinski definition) is 1. The van der Waals surface area contributed by atoms with Crippen molar-refractivity contribution in [1.29, 1.82) is 0 Å². The van der Waals surface area contributed by atoms with E-state index in [-0.39, 0.29) is 10.6 Å². The molecule has 0 unspecified atom stereocenters. The molecule has 0 aliphatic carbocycles. The van der Waals surface area contributed by atoms with Gasteiger partial charge in [-0.2, -0.15) is 13.2 Å². The van der Waals surface area contributed by atoms with Crippen LogP contribution in [0.15, 0.2) is 42.5 Å². The quantitative estimate of drug-likeness (QED) is 0.712. The fourth-order valence-corrected chi connectivity index (χ4v) is 2.20. The number of amides is 1. The lowest BCUT2D eigenvalue weighted by Crippen LogP contribution is -2.08. The minimum absolute atomic E-state index is 0.127. The third-order valence-electron chi connectivity index (χ3n) is 3.51. The van der Waals surface area contributed by atoms with Gasteiger partial charge < -0.3 is 5.32 Å². The van der Waals surface area contributed by atoms with E-state index in [9.17, 15) is 18.0 Å². The average Bonchev–Trinajstić information content (AvgIpc) is 2.49. The molecule has 2 rings (SSSR count). The Kier molecular flexibility index (Phi) is 5.34. The van der Waals surface area contributed by atoms with Crippen molar-refractivity contribution < 1.29 is 18.0 Å². The Bertz CT molecular complexity index is 797. The number of benzene rings is 2. The largest absolute Gasteiger partial charge is 0.416 e. The fourth-order valence-electron chi connectivity index (χ4n) is 2.02. The first kappa shape index (κ1) is 18.1. The van der Waals surface area contributed by atoms with Gasteiger partial charge in [-0.25, -0.2) is 0 Å². The monoisotopic (exact) mass is 353 g/mol. The second-order valence-corrected chi connectivity index (χ2v) is 5.76. The Morgan fingerprint density at radius 3 is 2.42 bits per heavy atom. The van der Waals surface area contributed by atoms with Crippen LogP contribution in [0.1, 0.15) is 22.3 Å². The Morgan fingerprint density at radius 2 is 1.79 bits per heavy atom. The van der Waals surface area contributed by atoms with E-state index in [0.29, 0.717) is 5.69 Å². The fraction of sp³-hybridized carbons (Fsp3) is 0.167. The van der Waals surface area contributed by atoms with E-state index in [4.69, 9.17) is 11.6 Å². The lowest BCUT2D eigenvalue weighted by Gasteiger charge is -2.08. The highest BCUT2D eigenvalue weighted by molar-refractivity contribution is 6.32. The normalized spacial score (nSPS) is 11.8. The maximum absolute atomic E-state index is 12.7. The molecule has 6 heteroatoms. The van der Waals surface area contributed by atoms with Crippen molar-refractivity contribution in [1.82, 2.24) is 0 Å². The number of carbonyl (C=O) groups is 1. The first-order chi connectivity index (χ1) is 11.2. The van der Waals surface area contributed by atoms with Crippen LogP contribution in [0.4, 0.5) is 18.9 Å². The summed E-state index contributed by atoms with van der Waals surface area (Å²) in [5, 5.41) is 2.79. The number of anilines is 1. The third-order valence-corrected chi connectivity index (χ3v) is 3.86. The van der Waals surface area contributed by atoms with Gasteiger partial charge in [-0.3, -0.25) is 4.79 Å². The number of nitrogens with one attached hydrogen (secondary N) is 1. The molecular formula is C18H15ClF3NO. The lowest BCUT2D eigenvalue weighted by atomic mass is 10.1. The molecule has 0 aliphatic heterocycles. The van der Waals surface area contributed by atoms with Gasteiger partial charge in [0.2, 0.25) is 5.91 Å². The third kappa shape index (κ3) is 4.61. The molecule has 1 N–H and O–H groups in total. The van der Waals surface area contributed by atoms with Gasteiger partial charge in [-0.1, -0.05) is 17.7 Å². The summed E-state index contributed by atoms with van der Waals surface area (Å²) >= 11 is 5.88. The predicted octanol–water partition coefficient (Wildman–Crippen LogP) is 5.63. The standard InChI is InChI=1S/C18H15ClF3NO/c1-11-3-6-15(9-12(11)2)23-17(24)8-4-13-10-14(18(20,21)22)5-7-16(13)19/h3-10H,1-2H3,(H,23,24)/b8-4+. The summed E-state index contributed by atoms with van der Waals surface area (Å²) in [5.74, 6) is -0.452. The first-order valence-corrected chi connectivity index (χ1v) is 7.47. The SMILES string of the molecule is Cc1ccc(NC(=O)/C=C/c2cc(C(F)(F)F)ccc2Cl)cc1C. The number of halogens is 4. The molecular weight excluding hydrogens is 339 g/mol. The molecule has 126 valence electrons. The molecule has 0 aromatic heterocycles. The summed E-state index contributed by atoms with van der Waals surface area (Å²) < 4.78 is 38.1. The van der Waals surface area contributed by atoms with Crippen LogP contribution in [-0.4, -0.2) is 5.91 Å². The van der Waals surface area contributed by atoms with Crippen molar-refractivity contribution in [2.45, 2.75) is 20.0 Å². The zero-order valence-electron chi connectivity index (χ0n) is 13.0. The molecule has 0 radical (unpaired) electrons. The van der Waals surface area contributed by atoms with Gasteiger partial charge in [0, 0.05) is 16.8 Å². The Morgan fingerprint density at radius 1 is 1.08 bits per heavy atom. The van der Waals surface area contributed by atoms with Crippen LogP contribution in [0.25, 0.3) is 6.08 Å². The maximum atomic E-state index is 12.7. The summed E-state index contributed by atoms with van der Waals surface area (Å²) in [6.07, 6.45) is -2.06. The highest BCUT2D eigenvalue weighted by Gasteiger charge is 2.30. The van der Waals surface area contributed by atoms with Crippen molar-refractivity contribution in [2.75, 3.05) is 5.32 Å². The molecule has 2 aromatic rings. The first-order valence-electron chi connectivity index (χ1n) is 7.10. The van der Waals surface area contributed by atoms with E-state index >= 15 is 0 Å². The minimum Gasteiger partial charge on any atom is -0.323 e. The molecule has 0 saturated carbocycles. The summed E-state index contributed by atoms with van der Waals surface area (Å²) in [4.78, 5) is 11.9. The highest BCUT2D eigenvalue weighted by Crippen LogP contribution is 2.32. The smallest absolute Gasteiger partial charge is 0.323 e. The van der Waals surface area contributed by atoms with Crippen LogP contribution in [0.5, 0.6) is 0 Å². The zero-order valence-corrected chi connectivity index (χ0v) is 13.8. The van der Waals surface area contributed by atoms with Gasteiger partial charge in [0.05, 0.1) is 5.56 Å². The summed E-state index contributed by atoms with van der Waals surface area (Å²) in [6, 6.07) is 8.41. The van der Waals surface area contributed by atoms with Crippen molar-refractivity contribution in [2.24, 2.45) is 0 Å². The van der Waals surface area contributed by atoms with E-state index in [0.717, 1.165) is 35.4 Å². The van der Waals surface area contributed by atoms with Gasteiger partial charge in [-0.15, -0.1) is 0 Å². The predicted molar refractivity (Wildman–Crippen MR) is 90.0 cm³/mol. The maximum Gasteiger partial charge on any atom is 0.416 e. The molecule has 0 fully saturated rings. The zero-order chi connectivity index (χ0) is 17.9. The van der Waals surface area contributed by atoms with Gasteiger partial charge in [0.1, 0.15) is 0 Å². The molecule has 24 heavy (non-hydrogen) atoms.